The lowest BCUT2D eigenvalue weighted by Crippen LogP contribution is -2.28. The third-order valence-corrected chi connectivity index (χ3v) is 7.14. The molecular weight excluding hydrogens is 500 g/mol. The van der Waals surface area contributed by atoms with Gasteiger partial charge in [-0.2, -0.15) is 8.42 Å². The summed E-state index contributed by atoms with van der Waals surface area (Å²) in [6.45, 7) is 6.39. The highest BCUT2D eigenvalue weighted by Gasteiger charge is 2.22. The zero-order chi connectivity index (χ0) is 27.3. The van der Waals surface area contributed by atoms with Gasteiger partial charge >= 0.3 is 0 Å². The van der Waals surface area contributed by atoms with Crippen LogP contribution in [-0.4, -0.2) is 36.3 Å². The Morgan fingerprint density at radius 1 is 0.974 bits per heavy atom. The van der Waals surface area contributed by atoms with E-state index in [1.165, 1.54) is 5.56 Å². The number of nitrogens with zero attached hydrogens (tertiary/aromatic N) is 1. The van der Waals surface area contributed by atoms with Gasteiger partial charge < -0.3 is 9.84 Å². The quantitative estimate of drug-likeness (QED) is 0.270. The molecule has 0 spiro atoms. The molecule has 198 valence electrons. The van der Waals surface area contributed by atoms with E-state index < -0.39 is 21.8 Å². The Morgan fingerprint density at radius 3 is 2.24 bits per heavy atom. The van der Waals surface area contributed by atoms with Gasteiger partial charge in [-0.05, 0) is 40.7 Å². The van der Waals surface area contributed by atoms with Crippen LogP contribution in [0.25, 0.3) is 11.3 Å². The van der Waals surface area contributed by atoms with Crippen LogP contribution < -0.4 is 5.32 Å². The molecule has 1 amide bonds. The van der Waals surface area contributed by atoms with Gasteiger partial charge in [0.1, 0.15) is 0 Å². The number of benzene rings is 3. The smallest absolute Gasteiger partial charge is 0.266 e. The molecule has 4 rings (SSSR count). The van der Waals surface area contributed by atoms with Crippen LogP contribution in [0.3, 0.4) is 0 Å². The van der Waals surface area contributed by atoms with Gasteiger partial charge in [-0.1, -0.05) is 92.7 Å². The van der Waals surface area contributed by atoms with Crippen LogP contribution >= 0.6 is 0 Å². The van der Waals surface area contributed by atoms with Crippen LogP contribution in [0.15, 0.2) is 89.5 Å². The molecule has 0 radical (unpaired) electrons. The van der Waals surface area contributed by atoms with Gasteiger partial charge in [0.25, 0.3) is 16.0 Å². The first-order chi connectivity index (χ1) is 18.0. The molecule has 0 saturated heterocycles. The van der Waals surface area contributed by atoms with Crippen molar-refractivity contribution in [3.63, 3.8) is 0 Å². The monoisotopic (exact) mass is 532 g/mol. The predicted octanol–water partition coefficient (Wildman–Crippen LogP) is 5.63. The third kappa shape index (κ3) is 7.18. The summed E-state index contributed by atoms with van der Waals surface area (Å²) in [5.74, 6) is -0.304. The second kappa shape index (κ2) is 11.3. The van der Waals surface area contributed by atoms with Crippen molar-refractivity contribution in [3.8, 4) is 11.3 Å². The maximum absolute atomic E-state index is 12.3. The lowest BCUT2D eigenvalue weighted by Gasteiger charge is -2.21. The molecule has 1 aromatic heterocycles. The SMILES string of the molecule is CC(C)(C)c1ccc(C(Cc2ccc(C(=O)NCCS(=O)(=O)O)cc2)c2cc(-c3ccccc3)on2)cc1. The van der Waals surface area contributed by atoms with Crippen LogP contribution in [0.4, 0.5) is 0 Å². The number of hydrogen-bond acceptors (Lipinski definition) is 5. The van der Waals surface area contributed by atoms with Crippen molar-refractivity contribution in [2.24, 2.45) is 0 Å². The summed E-state index contributed by atoms with van der Waals surface area (Å²) in [6.07, 6.45) is 0.639. The Balaban J connectivity index is 1.57. The third-order valence-electron chi connectivity index (χ3n) is 6.42. The highest BCUT2D eigenvalue weighted by molar-refractivity contribution is 7.85. The van der Waals surface area contributed by atoms with Gasteiger partial charge in [0, 0.05) is 29.7 Å². The van der Waals surface area contributed by atoms with Crippen LogP contribution in [0, 0.1) is 0 Å². The van der Waals surface area contributed by atoms with E-state index in [2.05, 4.69) is 55.5 Å². The molecule has 0 fully saturated rings. The molecule has 0 saturated carbocycles. The number of nitrogens with one attached hydrogen (secondary N) is 1. The summed E-state index contributed by atoms with van der Waals surface area (Å²) in [4.78, 5) is 12.3. The Kier molecular flexibility index (Phi) is 8.14. The zero-order valence-corrected chi connectivity index (χ0v) is 22.5. The summed E-state index contributed by atoms with van der Waals surface area (Å²) >= 11 is 0. The summed E-state index contributed by atoms with van der Waals surface area (Å²) < 4.78 is 36.3. The second-order valence-corrected chi connectivity index (χ2v) is 11.9. The maximum Gasteiger partial charge on any atom is 0.266 e. The average molecular weight is 533 g/mol. The van der Waals surface area contributed by atoms with Crippen LogP contribution in [-0.2, 0) is 22.0 Å². The minimum atomic E-state index is -4.13. The van der Waals surface area contributed by atoms with E-state index >= 15 is 0 Å². The summed E-state index contributed by atoms with van der Waals surface area (Å²) in [7, 11) is -4.13. The molecule has 1 atom stereocenters. The van der Waals surface area contributed by atoms with Crippen molar-refractivity contribution >= 4 is 16.0 Å². The molecule has 4 aromatic rings. The molecule has 1 heterocycles. The van der Waals surface area contributed by atoms with Gasteiger partial charge in [0.2, 0.25) is 0 Å². The number of carbonyl (C=O) groups excluding carboxylic acids is 1. The number of amides is 1. The Bertz CT molecular complexity index is 1470. The number of rotatable bonds is 9. The standard InChI is InChI=1S/C30H32N2O5S/c1-30(2,3)25-15-13-22(14-16-25)26(27-20-28(37-32-27)23-7-5-4-6-8-23)19-21-9-11-24(12-10-21)29(33)31-17-18-38(34,35)36/h4-16,20,26H,17-19H2,1-3H3,(H,31,33)(H,34,35,36). The topological polar surface area (TPSA) is 110 Å². The molecule has 0 bridgehead atoms. The van der Waals surface area contributed by atoms with E-state index in [1.54, 1.807) is 12.1 Å². The molecule has 2 N–H and O–H groups in total. The molecule has 38 heavy (non-hydrogen) atoms. The van der Waals surface area contributed by atoms with Crippen molar-refractivity contribution in [2.45, 2.75) is 38.5 Å². The highest BCUT2D eigenvalue weighted by Crippen LogP contribution is 2.33. The first-order valence-corrected chi connectivity index (χ1v) is 14.1. The first-order valence-electron chi connectivity index (χ1n) is 12.4. The van der Waals surface area contributed by atoms with E-state index in [0.29, 0.717) is 17.7 Å². The Morgan fingerprint density at radius 2 is 1.63 bits per heavy atom. The fraction of sp³-hybridized carbons (Fsp3) is 0.267. The van der Waals surface area contributed by atoms with Crippen molar-refractivity contribution in [1.29, 1.82) is 0 Å². The lowest BCUT2D eigenvalue weighted by atomic mass is 9.83. The molecule has 8 heteroatoms. The number of hydrogen-bond donors (Lipinski definition) is 2. The van der Waals surface area contributed by atoms with E-state index in [4.69, 9.17) is 9.08 Å². The molecular formula is C30H32N2O5S. The van der Waals surface area contributed by atoms with Crippen molar-refractivity contribution < 1.29 is 22.3 Å². The first kappa shape index (κ1) is 27.3. The zero-order valence-electron chi connectivity index (χ0n) is 21.7. The van der Waals surface area contributed by atoms with Gasteiger partial charge in [-0.3, -0.25) is 9.35 Å². The molecule has 3 aromatic carbocycles. The number of aromatic nitrogens is 1. The fourth-order valence-electron chi connectivity index (χ4n) is 4.22. The Hall–Kier alpha value is -3.75. The van der Waals surface area contributed by atoms with Crippen LogP contribution in [0.5, 0.6) is 0 Å². The summed E-state index contributed by atoms with van der Waals surface area (Å²) in [6, 6.07) is 27.6. The van der Waals surface area contributed by atoms with Gasteiger partial charge in [-0.15, -0.1) is 0 Å². The van der Waals surface area contributed by atoms with E-state index in [-0.39, 0.29) is 17.9 Å². The van der Waals surface area contributed by atoms with Crippen LogP contribution in [0.2, 0.25) is 0 Å². The van der Waals surface area contributed by atoms with Crippen molar-refractivity contribution in [2.75, 3.05) is 12.3 Å². The molecule has 0 aliphatic carbocycles. The Labute approximate surface area is 223 Å². The minimum absolute atomic E-state index is 0.0418. The normalized spacial score (nSPS) is 12.7. The van der Waals surface area contributed by atoms with E-state index in [9.17, 15) is 13.2 Å². The summed E-state index contributed by atoms with van der Waals surface area (Å²) in [5.41, 5.74) is 5.58. The predicted molar refractivity (Wildman–Crippen MR) is 148 cm³/mol. The lowest BCUT2D eigenvalue weighted by molar-refractivity contribution is 0.0956. The molecule has 7 nitrogen and oxygen atoms in total. The highest BCUT2D eigenvalue weighted by atomic mass is 32.2. The van der Waals surface area contributed by atoms with E-state index in [1.807, 2.05) is 48.5 Å². The fourth-order valence-corrected chi connectivity index (χ4v) is 4.58. The van der Waals surface area contributed by atoms with Gasteiger partial charge in [0.05, 0.1) is 11.4 Å². The molecule has 1 unspecified atom stereocenters. The van der Waals surface area contributed by atoms with Crippen LogP contribution in [0.1, 0.15) is 59.4 Å². The number of carbonyl (C=O) groups is 1. The maximum atomic E-state index is 12.3. The molecule has 0 aliphatic heterocycles. The van der Waals surface area contributed by atoms with Crippen molar-refractivity contribution in [3.05, 3.63) is 113 Å². The van der Waals surface area contributed by atoms with Gasteiger partial charge in [-0.25, -0.2) is 0 Å². The second-order valence-electron chi connectivity index (χ2n) is 10.3. The van der Waals surface area contributed by atoms with Gasteiger partial charge in [0.15, 0.2) is 5.76 Å². The van der Waals surface area contributed by atoms with E-state index in [0.717, 1.165) is 22.4 Å². The average Bonchev–Trinajstić information content (AvgIpc) is 3.37. The minimum Gasteiger partial charge on any atom is -0.356 e. The van der Waals surface area contributed by atoms with Crippen molar-refractivity contribution in [1.82, 2.24) is 10.5 Å². The molecule has 0 aliphatic rings. The largest absolute Gasteiger partial charge is 0.356 e. The summed E-state index contributed by atoms with van der Waals surface area (Å²) in [5, 5.41) is 6.93.